The summed E-state index contributed by atoms with van der Waals surface area (Å²) in [7, 11) is 0. The first kappa shape index (κ1) is 14.5. The van der Waals surface area contributed by atoms with Crippen LogP contribution in [0.5, 0.6) is 5.75 Å². The number of aryl methyl sites for hydroxylation is 1. The Labute approximate surface area is 124 Å². The Hall–Kier alpha value is -1.95. The van der Waals surface area contributed by atoms with Crippen molar-refractivity contribution in [2.75, 3.05) is 11.9 Å². The Morgan fingerprint density at radius 3 is 2.90 bits per heavy atom. The van der Waals surface area contributed by atoms with E-state index in [0.29, 0.717) is 10.3 Å². The molecule has 0 spiro atoms. The summed E-state index contributed by atoms with van der Waals surface area (Å²) >= 11 is 3.14. The molecule has 0 saturated heterocycles. The minimum Gasteiger partial charge on any atom is -0.481 e. The Morgan fingerprint density at radius 2 is 2.20 bits per heavy atom. The van der Waals surface area contributed by atoms with Gasteiger partial charge in [0.1, 0.15) is 5.82 Å². The minimum atomic E-state index is -0.527. The standard InChI is InChI=1S/C14H12BrFN2O2/c1-9-3-2-4-13(17-9)18-14(19)8-20-12-6-5-10(15)7-11(12)16/h2-7H,8H2,1H3,(H,17,18,19). The molecule has 0 unspecified atom stereocenters. The van der Waals surface area contributed by atoms with Crippen LogP contribution in [0.2, 0.25) is 0 Å². The molecule has 1 N–H and O–H groups in total. The second-order valence-electron chi connectivity index (χ2n) is 4.08. The lowest BCUT2D eigenvalue weighted by molar-refractivity contribution is -0.118. The first-order valence-corrected chi connectivity index (χ1v) is 6.65. The van der Waals surface area contributed by atoms with Crippen molar-refractivity contribution in [1.82, 2.24) is 4.98 Å². The summed E-state index contributed by atoms with van der Waals surface area (Å²) in [4.78, 5) is 15.8. The lowest BCUT2D eigenvalue weighted by Gasteiger charge is -2.08. The van der Waals surface area contributed by atoms with Gasteiger partial charge in [0.15, 0.2) is 18.2 Å². The lowest BCUT2D eigenvalue weighted by atomic mass is 10.3. The highest BCUT2D eigenvalue weighted by atomic mass is 79.9. The number of carbonyl (C=O) groups is 1. The topological polar surface area (TPSA) is 51.2 Å². The van der Waals surface area contributed by atoms with E-state index in [1.807, 2.05) is 13.0 Å². The molecule has 0 radical (unpaired) electrons. The third-order valence-corrected chi connectivity index (χ3v) is 2.90. The number of hydrogen-bond donors (Lipinski definition) is 1. The molecule has 6 heteroatoms. The maximum Gasteiger partial charge on any atom is 0.263 e. The Kier molecular flexibility index (Phi) is 4.68. The smallest absolute Gasteiger partial charge is 0.263 e. The number of amides is 1. The van der Waals surface area contributed by atoms with Crippen molar-refractivity contribution < 1.29 is 13.9 Å². The monoisotopic (exact) mass is 338 g/mol. The molecule has 0 atom stereocenters. The zero-order chi connectivity index (χ0) is 14.5. The summed E-state index contributed by atoms with van der Waals surface area (Å²) in [5, 5.41) is 2.58. The van der Waals surface area contributed by atoms with Crippen LogP contribution in [0.25, 0.3) is 0 Å². The molecule has 1 amide bonds. The van der Waals surface area contributed by atoms with Crippen molar-refractivity contribution >= 4 is 27.7 Å². The number of hydrogen-bond acceptors (Lipinski definition) is 3. The van der Waals surface area contributed by atoms with E-state index in [9.17, 15) is 9.18 Å². The lowest BCUT2D eigenvalue weighted by Crippen LogP contribution is -2.21. The van der Waals surface area contributed by atoms with Gasteiger partial charge in [0.25, 0.3) is 5.91 Å². The summed E-state index contributed by atoms with van der Waals surface area (Å²) < 4.78 is 19.2. The Bertz CT molecular complexity index is 634. The predicted molar refractivity (Wildman–Crippen MR) is 77.2 cm³/mol. The van der Waals surface area contributed by atoms with Gasteiger partial charge < -0.3 is 10.1 Å². The average Bonchev–Trinajstić information content (AvgIpc) is 2.37. The van der Waals surface area contributed by atoms with Crippen LogP contribution in [0, 0.1) is 12.7 Å². The van der Waals surface area contributed by atoms with E-state index in [-0.39, 0.29) is 12.4 Å². The van der Waals surface area contributed by atoms with Crippen molar-refractivity contribution in [2.45, 2.75) is 6.92 Å². The highest BCUT2D eigenvalue weighted by Gasteiger charge is 2.08. The van der Waals surface area contributed by atoms with Crippen LogP contribution in [-0.2, 0) is 4.79 Å². The number of rotatable bonds is 4. The van der Waals surface area contributed by atoms with E-state index in [1.165, 1.54) is 12.1 Å². The van der Waals surface area contributed by atoms with Crippen LogP contribution in [0.4, 0.5) is 10.2 Å². The van der Waals surface area contributed by atoms with Gasteiger partial charge in [-0.15, -0.1) is 0 Å². The highest BCUT2D eigenvalue weighted by molar-refractivity contribution is 9.10. The van der Waals surface area contributed by atoms with E-state index in [0.717, 1.165) is 5.69 Å². The number of pyridine rings is 1. The molecule has 0 bridgehead atoms. The van der Waals surface area contributed by atoms with Gasteiger partial charge >= 0.3 is 0 Å². The molecule has 4 nitrogen and oxygen atoms in total. The quantitative estimate of drug-likeness (QED) is 0.930. The molecule has 20 heavy (non-hydrogen) atoms. The van der Waals surface area contributed by atoms with Crippen LogP contribution >= 0.6 is 15.9 Å². The molecular weight excluding hydrogens is 327 g/mol. The fraction of sp³-hybridized carbons (Fsp3) is 0.143. The summed E-state index contributed by atoms with van der Waals surface area (Å²) in [6.07, 6.45) is 0. The second-order valence-corrected chi connectivity index (χ2v) is 4.99. The zero-order valence-electron chi connectivity index (χ0n) is 10.7. The van der Waals surface area contributed by atoms with Crippen LogP contribution in [0.1, 0.15) is 5.69 Å². The SMILES string of the molecule is Cc1cccc(NC(=O)COc2ccc(Br)cc2F)n1. The maximum atomic E-state index is 13.5. The molecule has 0 aliphatic heterocycles. The largest absolute Gasteiger partial charge is 0.481 e. The summed E-state index contributed by atoms with van der Waals surface area (Å²) in [6.45, 7) is 1.54. The molecule has 0 saturated carbocycles. The van der Waals surface area contributed by atoms with Gasteiger partial charge in [-0.25, -0.2) is 9.37 Å². The fourth-order valence-electron chi connectivity index (χ4n) is 1.53. The number of halogens is 2. The number of ether oxygens (including phenoxy) is 1. The van der Waals surface area contributed by atoms with Gasteiger partial charge in [0.2, 0.25) is 0 Å². The predicted octanol–water partition coefficient (Wildman–Crippen LogP) is 3.31. The maximum absolute atomic E-state index is 13.5. The van der Waals surface area contributed by atoms with Gasteiger partial charge in [-0.1, -0.05) is 22.0 Å². The molecule has 2 aromatic rings. The average molecular weight is 339 g/mol. The van der Waals surface area contributed by atoms with Crippen molar-refractivity contribution in [1.29, 1.82) is 0 Å². The van der Waals surface area contributed by atoms with E-state index < -0.39 is 11.7 Å². The van der Waals surface area contributed by atoms with Crippen molar-refractivity contribution in [3.05, 3.63) is 52.4 Å². The van der Waals surface area contributed by atoms with Crippen LogP contribution in [0.15, 0.2) is 40.9 Å². The van der Waals surface area contributed by atoms with Gasteiger partial charge in [-0.05, 0) is 37.3 Å². The number of benzene rings is 1. The number of nitrogens with one attached hydrogen (secondary N) is 1. The van der Waals surface area contributed by atoms with Crippen molar-refractivity contribution in [3.63, 3.8) is 0 Å². The normalized spacial score (nSPS) is 10.2. The van der Waals surface area contributed by atoms with Crippen LogP contribution in [0.3, 0.4) is 0 Å². The fourth-order valence-corrected chi connectivity index (χ4v) is 1.86. The number of anilines is 1. The molecule has 1 heterocycles. The molecule has 0 aliphatic rings. The number of aromatic nitrogens is 1. The third kappa shape index (κ3) is 4.03. The highest BCUT2D eigenvalue weighted by Crippen LogP contribution is 2.21. The molecule has 2 rings (SSSR count). The minimum absolute atomic E-state index is 0.0283. The van der Waals surface area contributed by atoms with Crippen molar-refractivity contribution in [3.8, 4) is 5.75 Å². The number of carbonyl (C=O) groups excluding carboxylic acids is 1. The van der Waals surface area contributed by atoms with E-state index in [1.54, 1.807) is 18.2 Å². The molecule has 0 fully saturated rings. The Balaban J connectivity index is 1.92. The van der Waals surface area contributed by atoms with Gasteiger partial charge in [0.05, 0.1) is 0 Å². The van der Waals surface area contributed by atoms with Crippen molar-refractivity contribution in [2.24, 2.45) is 0 Å². The first-order valence-electron chi connectivity index (χ1n) is 5.86. The molecule has 0 aliphatic carbocycles. The molecule has 1 aromatic carbocycles. The number of nitrogens with zero attached hydrogens (tertiary/aromatic N) is 1. The van der Waals surface area contributed by atoms with Gasteiger partial charge in [-0.2, -0.15) is 0 Å². The Morgan fingerprint density at radius 1 is 1.40 bits per heavy atom. The van der Waals surface area contributed by atoms with E-state index in [4.69, 9.17) is 4.74 Å². The summed E-state index contributed by atoms with van der Waals surface area (Å²) in [5.41, 5.74) is 0.794. The molecule has 1 aromatic heterocycles. The molecular formula is C14H12BrFN2O2. The van der Waals surface area contributed by atoms with Gasteiger partial charge in [-0.3, -0.25) is 4.79 Å². The zero-order valence-corrected chi connectivity index (χ0v) is 12.3. The molecule has 104 valence electrons. The second kappa shape index (κ2) is 6.47. The third-order valence-electron chi connectivity index (χ3n) is 2.41. The van der Waals surface area contributed by atoms with E-state index in [2.05, 4.69) is 26.2 Å². The van der Waals surface area contributed by atoms with Crippen LogP contribution < -0.4 is 10.1 Å². The first-order chi connectivity index (χ1) is 9.54. The van der Waals surface area contributed by atoms with Gasteiger partial charge in [0, 0.05) is 10.2 Å². The summed E-state index contributed by atoms with van der Waals surface area (Å²) in [6, 6.07) is 9.65. The van der Waals surface area contributed by atoms with Crippen LogP contribution in [-0.4, -0.2) is 17.5 Å². The van der Waals surface area contributed by atoms with E-state index >= 15 is 0 Å². The summed E-state index contributed by atoms with van der Waals surface area (Å²) in [5.74, 6) is -0.457.